The van der Waals surface area contributed by atoms with Crippen molar-refractivity contribution in [2.24, 2.45) is 4.99 Å². The van der Waals surface area contributed by atoms with Crippen molar-refractivity contribution in [2.75, 3.05) is 0 Å². The first kappa shape index (κ1) is 11.7. The summed E-state index contributed by atoms with van der Waals surface area (Å²) in [5, 5.41) is 5.57. The predicted octanol–water partition coefficient (Wildman–Crippen LogP) is 0.369. The standard InChI is InChI=1S/C10H12N4O2S/c1-3-6-4-11-9(17-6)5(2)12-10-13-7(15)8(16)14-10/h4-5H,3H2,1-2H3,(H2,12,13,14,15,16). The number of amides is 2. The molecule has 1 aromatic rings. The molecule has 7 heteroatoms. The summed E-state index contributed by atoms with van der Waals surface area (Å²) in [6, 6.07) is -0.186. The molecule has 1 atom stereocenters. The highest BCUT2D eigenvalue weighted by atomic mass is 32.1. The van der Waals surface area contributed by atoms with Crippen molar-refractivity contribution in [1.29, 1.82) is 0 Å². The van der Waals surface area contributed by atoms with Gasteiger partial charge in [-0.3, -0.25) is 20.2 Å². The topological polar surface area (TPSA) is 83.5 Å². The van der Waals surface area contributed by atoms with Gasteiger partial charge in [-0.05, 0) is 13.3 Å². The van der Waals surface area contributed by atoms with Crippen molar-refractivity contribution in [3.8, 4) is 0 Å². The van der Waals surface area contributed by atoms with Gasteiger partial charge in [0.2, 0.25) is 5.96 Å². The van der Waals surface area contributed by atoms with Crippen LogP contribution in [0.1, 0.15) is 29.8 Å². The second kappa shape index (κ2) is 4.62. The number of aliphatic imine (C=N–C) groups is 1. The Kier molecular flexibility index (Phi) is 3.19. The third-order valence-corrected chi connectivity index (χ3v) is 3.58. The first-order valence-corrected chi connectivity index (χ1v) is 6.06. The van der Waals surface area contributed by atoms with Crippen molar-refractivity contribution in [3.05, 3.63) is 16.1 Å². The van der Waals surface area contributed by atoms with E-state index in [1.54, 1.807) is 11.3 Å². The van der Waals surface area contributed by atoms with Gasteiger partial charge in [-0.2, -0.15) is 0 Å². The molecule has 2 N–H and O–H groups in total. The summed E-state index contributed by atoms with van der Waals surface area (Å²) in [5.74, 6) is -1.16. The van der Waals surface area contributed by atoms with Crippen LogP contribution in [0.3, 0.4) is 0 Å². The summed E-state index contributed by atoms with van der Waals surface area (Å²) in [6.07, 6.45) is 2.76. The zero-order valence-electron chi connectivity index (χ0n) is 9.48. The van der Waals surface area contributed by atoms with E-state index in [9.17, 15) is 9.59 Å². The largest absolute Gasteiger partial charge is 0.316 e. The van der Waals surface area contributed by atoms with Gasteiger partial charge >= 0.3 is 11.8 Å². The maximum atomic E-state index is 10.9. The molecule has 2 heterocycles. The van der Waals surface area contributed by atoms with Gasteiger partial charge in [-0.15, -0.1) is 11.3 Å². The van der Waals surface area contributed by atoms with Crippen LogP contribution in [0.5, 0.6) is 0 Å². The van der Waals surface area contributed by atoms with Gasteiger partial charge in [-0.25, -0.2) is 9.98 Å². The van der Waals surface area contributed by atoms with Gasteiger partial charge in [0.25, 0.3) is 0 Å². The summed E-state index contributed by atoms with van der Waals surface area (Å²) in [5.41, 5.74) is 0. The molecule has 17 heavy (non-hydrogen) atoms. The van der Waals surface area contributed by atoms with Crippen LogP contribution in [-0.4, -0.2) is 22.8 Å². The van der Waals surface area contributed by atoms with Gasteiger partial charge in [0, 0.05) is 11.1 Å². The van der Waals surface area contributed by atoms with Crippen LogP contribution in [0.2, 0.25) is 0 Å². The monoisotopic (exact) mass is 252 g/mol. The summed E-state index contributed by atoms with van der Waals surface area (Å²) >= 11 is 1.58. The maximum Gasteiger partial charge on any atom is 0.316 e. The predicted molar refractivity (Wildman–Crippen MR) is 63.6 cm³/mol. The number of nitrogens with zero attached hydrogens (tertiary/aromatic N) is 2. The lowest BCUT2D eigenvalue weighted by atomic mass is 10.4. The fraction of sp³-hybridized carbons (Fsp3) is 0.400. The number of aromatic nitrogens is 1. The van der Waals surface area contributed by atoms with E-state index in [-0.39, 0.29) is 12.0 Å². The van der Waals surface area contributed by atoms with E-state index in [1.165, 1.54) is 4.88 Å². The number of hydrogen-bond acceptors (Lipinski definition) is 5. The Morgan fingerprint density at radius 1 is 1.41 bits per heavy atom. The molecule has 0 spiro atoms. The van der Waals surface area contributed by atoms with Crippen molar-refractivity contribution in [1.82, 2.24) is 15.6 Å². The lowest BCUT2D eigenvalue weighted by Crippen LogP contribution is -2.26. The highest BCUT2D eigenvalue weighted by Crippen LogP contribution is 2.22. The molecule has 1 fully saturated rings. The zero-order valence-corrected chi connectivity index (χ0v) is 10.3. The molecule has 0 aromatic carbocycles. The van der Waals surface area contributed by atoms with E-state index in [1.807, 2.05) is 13.1 Å². The Balaban J connectivity index is 2.11. The summed E-state index contributed by atoms with van der Waals surface area (Å²) in [4.78, 5) is 31.5. The molecule has 0 bridgehead atoms. The Hall–Kier alpha value is -1.76. The van der Waals surface area contributed by atoms with Gasteiger partial charge in [-0.1, -0.05) is 6.92 Å². The quantitative estimate of drug-likeness (QED) is 0.762. The highest BCUT2D eigenvalue weighted by Gasteiger charge is 2.26. The first-order valence-electron chi connectivity index (χ1n) is 5.25. The number of nitrogens with one attached hydrogen (secondary N) is 2. The molecule has 2 rings (SSSR count). The lowest BCUT2D eigenvalue weighted by molar-refractivity contribution is -0.135. The van der Waals surface area contributed by atoms with Crippen molar-refractivity contribution in [3.63, 3.8) is 0 Å². The van der Waals surface area contributed by atoms with E-state index < -0.39 is 11.8 Å². The fourth-order valence-corrected chi connectivity index (χ4v) is 2.20. The zero-order chi connectivity index (χ0) is 12.4. The number of carbonyl (C=O) groups is 2. The Labute approximate surface area is 102 Å². The highest BCUT2D eigenvalue weighted by molar-refractivity contribution is 7.11. The van der Waals surface area contributed by atoms with E-state index in [0.29, 0.717) is 0 Å². The van der Waals surface area contributed by atoms with Gasteiger partial charge in [0.15, 0.2) is 0 Å². The third kappa shape index (κ3) is 2.50. The van der Waals surface area contributed by atoms with E-state index >= 15 is 0 Å². The van der Waals surface area contributed by atoms with E-state index in [2.05, 4.69) is 27.5 Å². The second-order valence-corrected chi connectivity index (χ2v) is 4.73. The average molecular weight is 252 g/mol. The molecule has 90 valence electrons. The number of aryl methyl sites for hydroxylation is 1. The molecule has 1 aromatic heterocycles. The summed E-state index contributed by atoms with van der Waals surface area (Å²) < 4.78 is 0. The van der Waals surface area contributed by atoms with Crippen LogP contribution in [0.15, 0.2) is 11.2 Å². The molecule has 0 saturated carbocycles. The van der Waals surface area contributed by atoms with Gasteiger partial charge in [0.1, 0.15) is 11.0 Å². The number of guanidine groups is 1. The Bertz CT molecular complexity index is 476. The number of hydrogen-bond donors (Lipinski definition) is 2. The molecule has 2 amide bonds. The van der Waals surface area contributed by atoms with E-state index in [4.69, 9.17) is 0 Å². The van der Waals surface area contributed by atoms with Crippen LogP contribution in [0, 0.1) is 0 Å². The molecular formula is C10H12N4O2S. The van der Waals surface area contributed by atoms with Crippen molar-refractivity contribution >= 4 is 29.1 Å². The molecular weight excluding hydrogens is 240 g/mol. The number of thiazole rings is 1. The Morgan fingerprint density at radius 3 is 2.59 bits per heavy atom. The van der Waals surface area contributed by atoms with Gasteiger partial charge < -0.3 is 0 Å². The third-order valence-electron chi connectivity index (χ3n) is 2.27. The van der Waals surface area contributed by atoms with Crippen molar-refractivity contribution < 1.29 is 9.59 Å². The SMILES string of the molecule is CCc1cnc(C(C)N=C2NC(=O)C(=O)N2)s1. The number of rotatable bonds is 3. The normalized spacial score (nSPS) is 16.7. The minimum atomic E-state index is -0.677. The molecule has 1 saturated heterocycles. The second-order valence-electron chi connectivity index (χ2n) is 3.58. The molecule has 1 aliphatic heterocycles. The molecule has 0 radical (unpaired) electrons. The number of carbonyl (C=O) groups excluding carboxylic acids is 2. The molecule has 6 nitrogen and oxygen atoms in total. The maximum absolute atomic E-state index is 10.9. The van der Waals surface area contributed by atoms with Crippen LogP contribution in [0.25, 0.3) is 0 Å². The van der Waals surface area contributed by atoms with Crippen molar-refractivity contribution in [2.45, 2.75) is 26.3 Å². The van der Waals surface area contributed by atoms with E-state index in [0.717, 1.165) is 11.4 Å². The lowest BCUT2D eigenvalue weighted by Gasteiger charge is -2.03. The fourth-order valence-electron chi connectivity index (χ4n) is 1.35. The van der Waals surface area contributed by atoms with Crippen LogP contribution in [0.4, 0.5) is 0 Å². The molecule has 1 aliphatic rings. The molecule has 1 unspecified atom stereocenters. The van der Waals surface area contributed by atoms with Crippen LogP contribution >= 0.6 is 11.3 Å². The first-order chi connectivity index (χ1) is 8.10. The van der Waals surface area contributed by atoms with Gasteiger partial charge in [0.05, 0.1) is 0 Å². The van der Waals surface area contributed by atoms with Crippen LogP contribution in [-0.2, 0) is 16.0 Å². The smallest absolute Gasteiger partial charge is 0.288 e. The molecule has 0 aliphatic carbocycles. The van der Waals surface area contributed by atoms with Crippen LogP contribution < -0.4 is 10.6 Å². The summed E-state index contributed by atoms with van der Waals surface area (Å²) in [6.45, 7) is 3.92. The minimum Gasteiger partial charge on any atom is -0.288 e. The summed E-state index contributed by atoms with van der Waals surface area (Å²) in [7, 11) is 0. The minimum absolute atomic E-state index is 0.186. The average Bonchev–Trinajstić information content (AvgIpc) is 2.87. The Morgan fingerprint density at radius 2 is 2.06 bits per heavy atom.